The van der Waals surface area contributed by atoms with Gasteiger partial charge in [0.2, 0.25) is 0 Å². The Hall–Kier alpha value is -3.30. The van der Waals surface area contributed by atoms with Crippen molar-refractivity contribution in [1.29, 1.82) is 0 Å². The van der Waals surface area contributed by atoms with Crippen molar-refractivity contribution < 1.29 is 33.3 Å². The summed E-state index contributed by atoms with van der Waals surface area (Å²) in [6, 6.07) is 10.4. The Balaban J connectivity index is 1.96. The number of urea groups is 1. The number of carbonyl (C=O) groups is 3. The van der Waals surface area contributed by atoms with Crippen LogP contribution >= 0.6 is 11.6 Å². The number of benzene rings is 2. The minimum Gasteiger partial charge on any atom is -0.493 e. The van der Waals surface area contributed by atoms with Crippen LogP contribution in [-0.2, 0) is 14.3 Å². The highest BCUT2D eigenvalue weighted by atomic mass is 35.5. The standard InChI is InChI=1S/C33H45ClN2O7/c1-9-40-26-20-25(28(34)29(41-10-2)27(26)22(4)37)21(3)36(18-19-42-23(5)24-14-12-11-13-15-24)31(39)35-33(16-17-33)30(38)43-32(6,7)8/h11-15,20-21,23H,9-10,16-19H2,1-8H3,(H,35,39)/t21-,23+/m1/s1. The van der Waals surface area contributed by atoms with Crippen LogP contribution in [0.5, 0.6) is 11.5 Å². The Labute approximate surface area is 260 Å². The first-order chi connectivity index (χ1) is 20.2. The predicted molar refractivity (Wildman–Crippen MR) is 166 cm³/mol. The third-order valence-corrected chi connectivity index (χ3v) is 7.58. The lowest BCUT2D eigenvalue weighted by Gasteiger charge is -2.33. The first kappa shape index (κ1) is 34.2. The first-order valence-corrected chi connectivity index (χ1v) is 15.2. The second-order valence-corrected chi connectivity index (χ2v) is 12.1. The van der Waals surface area contributed by atoms with E-state index in [1.807, 2.05) is 51.1 Å². The molecule has 10 heteroatoms. The van der Waals surface area contributed by atoms with Crippen LogP contribution in [0.2, 0.25) is 5.02 Å². The number of amides is 2. The van der Waals surface area contributed by atoms with E-state index in [0.29, 0.717) is 30.8 Å². The number of hydrogen-bond donors (Lipinski definition) is 1. The number of nitrogens with one attached hydrogen (secondary N) is 1. The highest BCUT2D eigenvalue weighted by Crippen LogP contribution is 2.43. The van der Waals surface area contributed by atoms with Gasteiger partial charge in [0.25, 0.3) is 0 Å². The quantitative estimate of drug-likeness (QED) is 0.179. The van der Waals surface area contributed by atoms with E-state index in [9.17, 15) is 14.4 Å². The molecule has 1 aliphatic carbocycles. The van der Waals surface area contributed by atoms with E-state index in [2.05, 4.69) is 5.32 Å². The summed E-state index contributed by atoms with van der Waals surface area (Å²) < 4.78 is 23.4. The van der Waals surface area contributed by atoms with Gasteiger partial charge in [-0.2, -0.15) is 0 Å². The number of rotatable bonds is 14. The molecule has 1 saturated carbocycles. The molecule has 1 N–H and O–H groups in total. The van der Waals surface area contributed by atoms with Crippen LogP contribution in [0.3, 0.4) is 0 Å². The van der Waals surface area contributed by atoms with Gasteiger partial charge in [0, 0.05) is 12.1 Å². The first-order valence-electron chi connectivity index (χ1n) is 14.9. The molecule has 43 heavy (non-hydrogen) atoms. The number of carbonyl (C=O) groups excluding carboxylic acids is 3. The average molecular weight is 617 g/mol. The maximum atomic E-state index is 13.9. The van der Waals surface area contributed by atoms with Gasteiger partial charge >= 0.3 is 12.0 Å². The second-order valence-electron chi connectivity index (χ2n) is 11.7. The maximum Gasteiger partial charge on any atom is 0.332 e. The van der Waals surface area contributed by atoms with Gasteiger partial charge in [0.1, 0.15) is 22.5 Å². The summed E-state index contributed by atoms with van der Waals surface area (Å²) in [5, 5.41) is 3.15. The number of halogens is 1. The number of hydrogen-bond acceptors (Lipinski definition) is 7. The zero-order valence-electron chi connectivity index (χ0n) is 26.5. The Kier molecular flexibility index (Phi) is 11.5. The minimum absolute atomic E-state index is 0.188. The summed E-state index contributed by atoms with van der Waals surface area (Å²) in [6.07, 6.45) is 0.758. The number of ketones is 1. The topological polar surface area (TPSA) is 103 Å². The molecule has 9 nitrogen and oxygen atoms in total. The third-order valence-electron chi connectivity index (χ3n) is 7.19. The van der Waals surface area contributed by atoms with E-state index in [4.69, 9.17) is 30.5 Å². The van der Waals surface area contributed by atoms with Crippen molar-refractivity contribution in [2.45, 2.75) is 91.5 Å². The molecule has 0 aliphatic heterocycles. The molecule has 0 radical (unpaired) electrons. The fourth-order valence-electron chi connectivity index (χ4n) is 4.76. The molecule has 2 atom stereocenters. The van der Waals surface area contributed by atoms with Crippen LogP contribution in [-0.4, -0.2) is 60.2 Å². The van der Waals surface area contributed by atoms with Crippen molar-refractivity contribution in [2.75, 3.05) is 26.4 Å². The van der Waals surface area contributed by atoms with Crippen LogP contribution in [0.1, 0.15) is 102 Å². The molecule has 2 aromatic rings. The summed E-state index contributed by atoms with van der Waals surface area (Å²) in [6.45, 7) is 15.2. The average Bonchev–Trinajstić information content (AvgIpc) is 3.72. The molecule has 2 amide bonds. The minimum atomic E-state index is -1.09. The van der Waals surface area contributed by atoms with Gasteiger partial charge in [-0.1, -0.05) is 41.9 Å². The zero-order chi connectivity index (χ0) is 31.9. The lowest BCUT2D eigenvalue weighted by Crippen LogP contribution is -2.52. The summed E-state index contributed by atoms with van der Waals surface area (Å²) in [5.74, 6) is -0.174. The Morgan fingerprint density at radius 3 is 2.21 bits per heavy atom. The van der Waals surface area contributed by atoms with E-state index >= 15 is 0 Å². The fraction of sp³-hybridized carbons (Fsp3) is 0.545. The highest BCUT2D eigenvalue weighted by molar-refractivity contribution is 6.33. The molecular formula is C33H45ClN2O7. The molecule has 236 valence electrons. The van der Waals surface area contributed by atoms with E-state index < -0.39 is 29.2 Å². The molecule has 0 spiro atoms. The van der Waals surface area contributed by atoms with Gasteiger partial charge in [-0.05, 0) is 79.9 Å². The van der Waals surface area contributed by atoms with Gasteiger partial charge in [0.15, 0.2) is 11.5 Å². The molecule has 0 saturated heterocycles. The SMILES string of the molecule is CCOc1cc([C@@H](C)N(CCO[C@@H](C)c2ccccc2)C(=O)NC2(C(=O)OC(C)(C)C)CC2)c(Cl)c(OCC)c1C(C)=O. The molecule has 0 unspecified atom stereocenters. The number of Topliss-reactive ketones (excluding diaryl/α,β-unsaturated/α-hetero) is 1. The van der Waals surface area contributed by atoms with Crippen molar-refractivity contribution in [3.63, 3.8) is 0 Å². The Morgan fingerprint density at radius 1 is 1.05 bits per heavy atom. The molecule has 1 aliphatic rings. The number of esters is 1. The second kappa shape index (κ2) is 14.4. The van der Waals surface area contributed by atoms with Crippen molar-refractivity contribution >= 4 is 29.4 Å². The molecule has 0 heterocycles. The van der Waals surface area contributed by atoms with Crippen molar-refractivity contribution in [2.24, 2.45) is 0 Å². The number of nitrogens with zero attached hydrogens (tertiary/aromatic N) is 1. The normalized spacial score (nSPS) is 15.2. The largest absolute Gasteiger partial charge is 0.493 e. The van der Waals surface area contributed by atoms with Crippen LogP contribution in [0, 0.1) is 0 Å². The van der Waals surface area contributed by atoms with Crippen LogP contribution in [0.15, 0.2) is 36.4 Å². The van der Waals surface area contributed by atoms with E-state index in [1.54, 1.807) is 38.7 Å². The van der Waals surface area contributed by atoms with Gasteiger partial charge in [-0.15, -0.1) is 0 Å². The summed E-state index contributed by atoms with van der Waals surface area (Å²) in [7, 11) is 0. The lowest BCUT2D eigenvalue weighted by molar-refractivity contribution is -0.158. The van der Waals surface area contributed by atoms with Crippen LogP contribution in [0.25, 0.3) is 0 Å². The van der Waals surface area contributed by atoms with E-state index in [0.717, 1.165) is 5.56 Å². The van der Waals surface area contributed by atoms with Gasteiger partial charge in [-0.3, -0.25) is 4.79 Å². The molecule has 0 bridgehead atoms. The monoisotopic (exact) mass is 616 g/mol. The van der Waals surface area contributed by atoms with E-state index in [-0.39, 0.29) is 48.0 Å². The fourth-order valence-corrected chi connectivity index (χ4v) is 5.12. The Morgan fingerprint density at radius 2 is 1.67 bits per heavy atom. The summed E-state index contributed by atoms with van der Waals surface area (Å²) in [4.78, 5) is 41.1. The van der Waals surface area contributed by atoms with Gasteiger partial charge in [-0.25, -0.2) is 9.59 Å². The van der Waals surface area contributed by atoms with Crippen molar-refractivity contribution in [1.82, 2.24) is 10.2 Å². The van der Waals surface area contributed by atoms with Crippen LogP contribution < -0.4 is 14.8 Å². The van der Waals surface area contributed by atoms with Crippen molar-refractivity contribution in [3.05, 3.63) is 58.1 Å². The van der Waals surface area contributed by atoms with Gasteiger partial charge in [0.05, 0.1) is 37.0 Å². The molecular weight excluding hydrogens is 572 g/mol. The molecule has 0 aromatic heterocycles. The summed E-state index contributed by atoms with van der Waals surface area (Å²) >= 11 is 6.89. The molecule has 1 fully saturated rings. The third kappa shape index (κ3) is 8.63. The van der Waals surface area contributed by atoms with Gasteiger partial charge < -0.3 is 29.2 Å². The van der Waals surface area contributed by atoms with E-state index in [1.165, 1.54) is 6.92 Å². The molecule has 2 aromatic carbocycles. The highest BCUT2D eigenvalue weighted by Gasteiger charge is 2.54. The smallest absolute Gasteiger partial charge is 0.332 e. The zero-order valence-corrected chi connectivity index (χ0v) is 27.3. The summed E-state index contributed by atoms with van der Waals surface area (Å²) in [5.41, 5.74) is 0.0206. The number of ether oxygens (including phenoxy) is 4. The Bertz CT molecular complexity index is 1290. The van der Waals surface area contributed by atoms with Crippen LogP contribution in [0.4, 0.5) is 4.79 Å². The van der Waals surface area contributed by atoms with Crippen molar-refractivity contribution in [3.8, 4) is 11.5 Å². The molecule has 3 rings (SSSR count). The maximum absolute atomic E-state index is 13.9. The lowest BCUT2D eigenvalue weighted by atomic mass is 10.00. The predicted octanol–water partition coefficient (Wildman–Crippen LogP) is 7.06.